The maximum absolute atomic E-state index is 11.9. The monoisotopic (exact) mass is 230 g/mol. The van der Waals surface area contributed by atoms with Crippen LogP contribution in [0.2, 0.25) is 0 Å². The van der Waals surface area contributed by atoms with E-state index in [1.54, 1.807) is 18.9 Å². The minimum absolute atomic E-state index is 0.0178. The lowest BCUT2D eigenvalue weighted by molar-refractivity contribution is -0.136. The number of hydrogen-bond acceptors (Lipinski definition) is 3. The second-order valence-electron chi connectivity index (χ2n) is 3.91. The summed E-state index contributed by atoms with van der Waals surface area (Å²) in [4.78, 5) is 14.0. The molecule has 1 aliphatic heterocycles. The Labute approximate surface area is 95.8 Å². The largest absolute Gasteiger partial charge is 0.393 e. The Morgan fingerprint density at radius 1 is 1.67 bits per heavy atom. The van der Waals surface area contributed by atoms with Crippen LogP contribution in [-0.2, 0) is 9.53 Å². The minimum atomic E-state index is -0.365. The van der Waals surface area contributed by atoms with Crippen molar-refractivity contribution in [3.8, 4) is 0 Å². The predicted octanol–water partition coefficient (Wildman–Crippen LogP) is 0.546. The van der Waals surface area contributed by atoms with Crippen LogP contribution in [0.1, 0.15) is 19.8 Å². The number of carbonyl (C=O) groups excluding carboxylic acids is 1. The van der Waals surface area contributed by atoms with Crippen LogP contribution < -0.4 is 5.73 Å². The third-order valence-electron chi connectivity index (χ3n) is 2.82. The van der Waals surface area contributed by atoms with E-state index in [0.717, 1.165) is 19.4 Å². The van der Waals surface area contributed by atoms with E-state index in [2.05, 4.69) is 0 Å². The highest BCUT2D eigenvalue weighted by molar-refractivity contribution is 7.80. The number of thiocarbonyl (C=S) groups is 1. The number of carbonyl (C=O) groups is 1. The average molecular weight is 230 g/mol. The zero-order chi connectivity index (χ0) is 11.4. The van der Waals surface area contributed by atoms with E-state index >= 15 is 0 Å². The molecule has 0 aliphatic carbocycles. The van der Waals surface area contributed by atoms with Gasteiger partial charge < -0.3 is 15.4 Å². The van der Waals surface area contributed by atoms with E-state index in [-0.39, 0.29) is 22.9 Å². The summed E-state index contributed by atoms with van der Waals surface area (Å²) in [6.07, 6.45) is 2.15. The van der Waals surface area contributed by atoms with E-state index < -0.39 is 0 Å². The number of piperidine rings is 1. The van der Waals surface area contributed by atoms with Gasteiger partial charge >= 0.3 is 0 Å². The fraction of sp³-hybridized carbons (Fsp3) is 0.800. The van der Waals surface area contributed by atoms with Gasteiger partial charge in [0.15, 0.2) is 0 Å². The molecule has 1 amide bonds. The van der Waals surface area contributed by atoms with Crippen LogP contribution in [0, 0.1) is 5.92 Å². The summed E-state index contributed by atoms with van der Waals surface area (Å²) in [7, 11) is 1.68. The number of nitrogens with two attached hydrogens (primary N) is 1. The predicted molar refractivity (Wildman–Crippen MR) is 62.6 cm³/mol. The van der Waals surface area contributed by atoms with Gasteiger partial charge in [0.05, 0.1) is 17.0 Å². The summed E-state index contributed by atoms with van der Waals surface area (Å²) in [5.41, 5.74) is 5.46. The Morgan fingerprint density at radius 3 is 2.87 bits per heavy atom. The van der Waals surface area contributed by atoms with Crippen molar-refractivity contribution in [3.05, 3.63) is 0 Å². The average Bonchev–Trinajstić information content (AvgIpc) is 2.27. The molecule has 2 atom stereocenters. The van der Waals surface area contributed by atoms with Gasteiger partial charge in [0.1, 0.15) is 0 Å². The summed E-state index contributed by atoms with van der Waals surface area (Å²) in [6, 6.07) is 0. The van der Waals surface area contributed by atoms with Crippen LogP contribution in [-0.4, -0.2) is 42.1 Å². The Balaban J connectivity index is 2.55. The molecule has 0 aromatic carbocycles. The van der Waals surface area contributed by atoms with Gasteiger partial charge in [-0.1, -0.05) is 12.2 Å². The minimum Gasteiger partial charge on any atom is -0.393 e. The van der Waals surface area contributed by atoms with Gasteiger partial charge in [-0.2, -0.15) is 0 Å². The van der Waals surface area contributed by atoms with E-state index in [9.17, 15) is 4.79 Å². The van der Waals surface area contributed by atoms with E-state index in [4.69, 9.17) is 22.7 Å². The van der Waals surface area contributed by atoms with Crippen molar-refractivity contribution < 1.29 is 9.53 Å². The topological polar surface area (TPSA) is 55.6 Å². The van der Waals surface area contributed by atoms with Crippen LogP contribution >= 0.6 is 12.2 Å². The van der Waals surface area contributed by atoms with Gasteiger partial charge in [0.2, 0.25) is 5.91 Å². The molecule has 0 radical (unpaired) electrons. The van der Waals surface area contributed by atoms with Crippen molar-refractivity contribution in [1.82, 2.24) is 4.90 Å². The summed E-state index contributed by atoms with van der Waals surface area (Å²) < 4.78 is 5.25. The number of amides is 1. The van der Waals surface area contributed by atoms with Gasteiger partial charge in [-0.3, -0.25) is 4.79 Å². The first-order chi connectivity index (χ1) is 7.06. The molecule has 4 nitrogen and oxygen atoms in total. The van der Waals surface area contributed by atoms with E-state index in [1.807, 2.05) is 0 Å². The molecule has 86 valence electrons. The molecular weight excluding hydrogens is 212 g/mol. The van der Waals surface area contributed by atoms with Crippen molar-refractivity contribution in [2.45, 2.75) is 25.9 Å². The molecule has 0 spiro atoms. The Bertz CT molecular complexity index is 258. The molecule has 0 aromatic heterocycles. The molecule has 0 aromatic rings. The molecular formula is C10H18N2O2S. The molecule has 1 aliphatic rings. The molecule has 5 heteroatoms. The van der Waals surface area contributed by atoms with Gasteiger partial charge in [0.25, 0.3) is 0 Å². The Hall–Kier alpha value is -0.680. The van der Waals surface area contributed by atoms with Gasteiger partial charge in [-0.05, 0) is 19.8 Å². The molecule has 1 heterocycles. The first-order valence-electron chi connectivity index (χ1n) is 5.17. The molecule has 2 unspecified atom stereocenters. The van der Waals surface area contributed by atoms with Gasteiger partial charge in [-0.25, -0.2) is 0 Å². The standard InChI is InChI=1S/C10H18N2O2S/c1-7(9(11)15)10(13)12-5-3-4-8(6-12)14-2/h7-8H,3-6H2,1-2H3,(H2,11,15). The lowest BCUT2D eigenvalue weighted by Crippen LogP contribution is -2.47. The molecule has 1 fully saturated rings. The third-order valence-corrected chi connectivity index (χ3v) is 3.17. The van der Waals surface area contributed by atoms with Gasteiger partial charge in [-0.15, -0.1) is 0 Å². The molecule has 0 saturated carbocycles. The summed E-state index contributed by atoms with van der Waals surface area (Å²) >= 11 is 4.82. The molecule has 15 heavy (non-hydrogen) atoms. The fourth-order valence-electron chi connectivity index (χ4n) is 1.73. The number of ether oxygens (including phenoxy) is 1. The highest BCUT2D eigenvalue weighted by atomic mass is 32.1. The van der Waals surface area contributed by atoms with Crippen LogP contribution in [0.5, 0.6) is 0 Å². The van der Waals surface area contributed by atoms with Crippen molar-refractivity contribution in [2.24, 2.45) is 11.7 Å². The molecule has 1 rings (SSSR count). The first-order valence-corrected chi connectivity index (χ1v) is 5.58. The normalized spacial score (nSPS) is 23.6. The highest BCUT2D eigenvalue weighted by Crippen LogP contribution is 2.15. The van der Waals surface area contributed by atoms with Crippen LogP contribution in [0.15, 0.2) is 0 Å². The van der Waals surface area contributed by atoms with E-state index in [1.165, 1.54) is 0 Å². The molecule has 2 N–H and O–H groups in total. The second-order valence-corrected chi connectivity index (χ2v) is 4.38. The fourth-order valence-corrected chi connectivity index (χ4v) is 1.83. The summed E-state index contributed by atoms with van der Waals surface area (Å²) in [5, 5.41) is 0. The number of hydrogen-bond donors (Lipinski definition) is 1. The molecule has 0 bridgehead atoms. The third kappa shape index (κ3) is 3.14. The molecule has 1 saturated heterocycles. The number of nitrogens with zero attached hydrogens (tertiary/aromatic N) is 1. The smallest absolute Gasteiger partial charge is 0.232 e. The van der Waals surface area contributed by atoms with Crippen molar-refractivity contribution in [2.75, 3.05) is 20.2 Å². The van der Waals surface area contributed by atoms with Crippen LogP contribution in [0.25, 0.3) is 0 Å². The van der Waals surface area contributed by atoms with Crippen molar-refractivity contribution in [3.63, 3.8) is 0 Å². The quantitative estimate of drug-likeness (QED) is 0.719. The van der Waals surface area contributed by atoms with Crippen LogP contribution in [0.3, 0.4) is 0 Å². The first kappa shape index (κ1) is 12.4. The van der Waals surface area contributed by atoms with E-state index in [0.29, 0.717) is 6.54 Å². The van der Waals surface area contributed by atoms with Gasteiger partial charge in [0, 0.05) is 20.2 Å². The zero-order valence-electron chi connectivity index (χ0n) is 9.23. The number of likely N-dealkylation sites (tertiary alicyclic amines) is 1. The summed E-state index contributed by atoms with van der Waals surface area (Å²) in [6.45, 7) is 3.19. The maximum Gasteiger partial charge on any atom is 0.232 e. The zero-order valence-corrected chi connectivity index (χ0v) is 10.0. The lowest BCUT2D eigenvalue weighted by atomic mass is 10.0. The summed E-state index contributed by atoms with van der Waals surface area (Å²) in [5.74, 6) is -0.347. The highest BCUT2D eigenvalue weighted by Gasteiger charge is 2.27. The Morgan fingerprint density at radius 2 is 2.33 bits per heavy atom. The van der Waals surface area contributed by atoms with Crippen molar-refractivity contribution >= 4 is 23.1 Å². The van der Waals surface area contributed by atoms with Crippen molar-refractivity contribution in [1.29, 1.82) is 0 Å². The number of methoxy groups -OCH3 is 1. The maximum atomic E-state index is 11.9. The lowest BCUT2D eigenvalue weighted by Gasteiger charge is -2.33. The van der Waals surface area contributed by atoms with Crippen LogP contribution in [0.4, 0.5) is 0 Å². The number of rotatable bonds is 3. The SMILES string of the molecule is COC1CCCN(C(=O)C(C)C(N)=S)C1. The second kappa shape index (κ2) is 5.42. The Kier molecular flexibility index (Phi) is 4.47.